The van der Waals surface area contributed by atoms with E-state index < -0.39 is 6.04 Å². The van der Waals surface area contributed by atoms with Crippen LogP contribution in [0.3, 0.4) is 0 Å². The molecule has 1 atom stereocenters. The van der Waals surface area contributed by atoms with E-state index in [1.54, 1.807) is 24.3 Å². The fourth-order valence-corrected chi connectivity index (χ4v) is 1.87. The molecule has 0 saturated heterocycles. The SMILES string of the molecule is N[C@H](C=O)Cc1ccc(C(=O)c2ccccc2)cc1. The molecule has 2 rings (SSSR count). The molecule has 0 aliphatic carbocycles. The Morgan fingerprint density at radius 3 is 2.16 bits per heavy atom. The molecule has 0 aliphatic rings. The van der Waals surface area contributed by atoms with Crippen molar-refractivity contribution in [3.63, 3.8) is 0 Å². The van der Waals surface area contributed by atoms with Crippen LogP contribution in [0.25, 0.3) is 0 Å². The molecule has 2 N–H and O–H groups in total. The van der Waals surface area contributed by atoms with Crippen LogP contribution in [-0.4, -0.2) is 18.1 Å². The fourth-order valence-electron chi connectivity index (χ4n) is 1.87. The van der Waals surface area contributed by atoms with Crippen LogP contribution in [0.1, 0.15) is 21.5 Å². The molecule has 0 fully saturated rings. The summed E-state index contributed by atoms with van der Waals surface area (Å²) in [6, 6.07) is 15.8. The topological polar surface area (TPSA) is 60.2 Å². The van der Waals surface area contributed by atoms with Gasteiger partial charge in [0.2, 0.25) is 0 Å². The van der Waals surface area contributed by atoms with Crippen molar-refractivity contribution >= 4 is 12.1 Å². The first-order chi connectivity index (χ1) is 9.20. The Morgan fingerprint density at radius 2 is 1.58 bits per heavy atom. The maximum Gasteiger partial charge on any atom is 0.193 e. The van der Waals surface area contributed by atoms with Gasteiger partial charge in [-0.2, -0.15) is 0 Å². The lowest BCUT2D eigenvalue weighted by Crippen LogP contribution is -2.24. The third-order valence-corrected chi connectivity index (χ3v) is 2.90. The Labute approximate surface area is 112 Å². The summed E-state index contributed by atoms with van der Waals surface area (Å²) in [5.41, 5.74) is 7.81. The van der Waals surface area contributed by atoms with E-state index in [9.17, 15) is 9.59 Å². The zero-order valence-corrected chi connectivity index (χ0v) is 10.5. The fraction of sp³-hybridized carbons (Fsp3) is 0.125. The highest BCUT2D eigenvalue weighted by molar-refractivity contribution is 6.08. The first kappa shape index (κ1) is 13.2. The van der Waals surface area contributed by atoms with Crippen LogP contribution in [0.2, 0.25) is 0 Å². The summed E-state index contributed by atoms with van der Waals surface area (Å²) in [5.74, 6) is -0.00756. The van der Waals surface area contributed by atoms with Gasteiger partial charge in [0, 0.05) is 11.1 Å². The molecule has 0 aromatic heterocycles. The molecular weight excluding hydrogens is 238 g/mol. The number of ketones is 1. The van der Waals surface area contributed by atoms with Gasteiger partial charge in [0.15, 0.2) is 5.78 Å². The van der Waals surface area contributed by atoms with Crippen LogP contribution in [0.4, 0.5) is 0 Å². The number of rotatable bonds is 5. The van der Waals surface area contributed by atoms with E-state index >= 15 is 0 Å². The second kappa shape index (κ2) is 6.07. The molecule has 0 heterocycles. The van der Waals surface area contributed by atoms with Crippen LogP contribution < -0.4 is 5.73 Å². The molecule has 2 aromatic rings. The molecule has 0 bridgehead atoms. The van der Waals surface area contributed by atoms with Crippen LogP contribution in [0, 0.1) is 0 Å². The highest BCUT2D eigenvalue weighted by Crippen LogP contribution is 2.11. The van der Waals surface area contributed by atoms with Gasteiger partial charge in [-0.3, -0.25) is 4.79 Å². The summed E-state index contributed by atoms with van der Waals surface area (Å²) in [6.45, 7) is 0. The van der Waals surface area contributed by atoms with Crippen molar-refractivity contribution in [2.24, 2.45) is 5.73 Å². The minimum Gasteiger partial charge on any atom is -0.321 e. The summed E-state index contributed by atoms with van der Waals surface area (Å²) in [6.07, 6.45) is 1.21. The number of hydrogen-bond acceptors (Lipinski definition) is 3. The van der Waals surface area contributed by atoms with Gasteiger partial charge in [0.1, 0.15) is 6.29 Å². The van der Waals surface area contributed by atoms with Gasteiger partial charge < -0.3 is 10.5 Å². The van der Waals surface area contributed by atoms with Crippen LogP contribution in [0.5, 0.6) is 0 Å². The zero-order chi connectivity index (χ0) is 13.7. The van der Waals surface area contributed by atoms with Crippen molar-refractivity contribution in [1.29, 1.82) is 0 Å². The number of hydrogen-bond donors (Lipinski definition) is 1. The highest BCUT2D eigenvalue weighted by Gasteiger charge is 2.08. The number of carbonyl (C=O) groups is 2. The van der Waals surface area contributed by atoms with Crippen molar-refractivity contribution in [2.45, 2.75) is 12.5 Å². The number of carbonyl (C=O) groups excluding carboxylic acids is 2. The maximum atomic E-state index is 12.2. The second-order valence-electron chi connectivity index (χ2n) is 4.40. The van der Waals surface area contributed by atoms with Gasteiger partial charge in [-0.25, -0.2) is 0 Å². The van der Waals surface area contributed by atoms with Crippen molar-refractivity contribution in [2.75, 3.05) is 0 Å². The summed E-state index contributed by atoms with van der Waals surface area (Å²) in [7, 11) is 0. The molecule has 0 radical (unpaired) electrons. The molecule has 0 amide bonds. The smallest absolute Gasteiger partial charge is 0.193 e. The first-order valence-electron chi connectivity index (χ1n) is 6.10. The largest absolute Gasteiger partial charge is 0.321 e. The lowest BCUT2D eigenvalue weighted by molar-refractivity contribution is -0.108. The van der Waals surface area contributed by atoms with E-state index in [0.717, 1.165) is 11.8 Å². The molecule has 0 unspecified atom stereocenters. The van der Waals surface area contributed by atoms with Crippen molar-refractivity contribution in [3.05, 3.63) is 71.3 Å². The molecule has 0 aliphatic heterocycles. The van der Waals surface area contributed by atoms with Crippen molar-refractivity contribution in [1.82, 2.24) is 0 Å². The Morgan fingerprint density at radius 1 is 1.00 bits per heavy atom. The van der Waals surface area contributed by atoms with Gasteiger partial charge in [-0.15, -0.1) is 0 Å². The third-order valence-electron chi connectivity index (χ3n) is 2.90. The second-order valence-corrected chi connectivity index (χ2v) is 4.40. The van der Waals surface area contributed by atoms with Crippen molar-refractivity contribution in [3.8, 4) is 0 Å². The predicted molar refractivity (Wildman–Crippen MR) is 74.1 cm³/mol. The Bertz CT molecular complexity index is 561. The van der Waals surface area contributed by atoms with E-state index in [1.807, 2.05) is 30.3 Å². The molecule has 96 valence electrons. The average molecular weight is 253 g/mol. The monoisotopic (exact) mass is 253 g/mol. The molecule has 3 nitrogen and oxygen atoms in total. The molecule has 2 aromatic carbocycles. The Hall–Kier alpha value is -2.26. The summed E-state index contributed by atoms with van der Waals surface area (Å²) in [5, 5.41) is 0. The van der Waals surface area contributed by atoms with Gasteiger partial charge in [-0.1, -0.05) is 54.6 Å². The molecule has 19 heavy (non-hydrogen) atoms. The highest BCUT2D eigenvalue weighted by atomic mass is 16.1. The molecular formula is C16H15NO2. The van der Waals surface area contributed by atoms with Gasteiger partial charge >= 0.3 is 0 Å². The summed E-state index contributed by atoms with van der Waals surface area (Å²) >= 11 is 0. The van der Waals surface area contributed by atoms with E-state index in [1.165, 1.54) is 0 Å². The minimum atomic E-state index is -0.490. The summed E-state index contributed by atoms with van der Waals surface area (Å²) in [4.78, 5) is 22.6. The van der Waals surface area contributed by atoms with Gasteiger partial charge in [0.05, 0.1) is 6.04 Å². The van der Waals surface area contributed by atoms with Crippen molar-refractivity contribution < 1.29 is 9.59 Å². The van der Waals surface area contributed by atoms with E-state index in [4.69, 9.17) is 5.73 Å². The number of nitrogens with two attached hydrogens (primary N) is 1. The van der Waals surface area contributed by atoms with Crippen LogP contribution >= 0.6 is 0 Å². The van der Waals surface area contributed by atoms with Crippen LogP contribution in [-0.2, 0) is 11.2 Å². The first-order valence-corrected chi connectivity index (χ1v) is 6.10. The average Bonchev–Trinajstić information content (AvgIpc) is 2.48. The van der Waals surface area contributed by atoms with E-state index in [2.05, 4.69) is 0 Å². The summed E-state index contributed by atoms with van der Waals surface area (Å²) < 4.78 is 0. The number of benzene rings is 2. The molecule has 0 saturated carbocycles. The lowest BCUT2D eigenvalue weighted by Gasteiger charge is -2.05. The standard InChI is InChI=1S/C16H15NO2/c17-15(11-18)10-12-6-8-14(9-7-12)16(19)13-4-2-1-3-5-13/h1-9,11,15H,10,17H2/t15-/m0/s1. The number of aldehydes is 1. The van der Waals surface area contributed by atoms with Gasteiger partial charge in [-0.05, 0) is 12.0 Å². The Balaban J connectivity index is 2.14. The zero-order valence-electron chi connectivity index (χ0n) is 10.5. The molecule has 0 spiro atoms. The van der Waals surface area contributed by atoms with E-state index in [-0.39, 0.29) is 5.78 Å². The Kier molecular flexibility index (Phi) is 4.21. The van der Waals surface area contributed by atoms with Crippen LogP contribution in [0.15, 0.2) is 54.6 Å². The van der Waals surface area contributed by atoms with Gasteiger partial charge in [0.25, 0.3) is 0 Å². The quantitative estimate of drug-likeness (QED) is 0.654. The maximum absolute atomic E-state index is 12.2. The third kappa shape index (κ3) is 3.36. The minimum absolute atomic E-state index is 0.00756. The molecule has 3 heteroatoms. The lowest BCUT2D eigenvalue weighted by atomic mass is 10.00. The normalized spacial score (nSPS) is 11.8. The van der Waals surface area contributed by atoms with E-state index in [0.29, 0.717) is 17.5 Å². The predicted octanol–water partition coefficient (Wildman–Crippen LogP) is 1.99.